The maximum atomic E-state index is 5.65. The van der Waals surface area contributed by atoms with Crippen LogP contribution in [0.3, 0.4) is 0 Å². The average molecular weight is 408 g/mol. The van der Waals surface area contributed by atoms with Gasteiger partial charge in [-0.25, -0.2) is 0 Å². The van der Waals surface area contributed by atoms with Gasteiger partial charge in [0.15, 0.2) is 0 Å². The Bertz CT molecular complexity index is 1580. The molecule has 0 aliphatic rings. The van der Waals surface area contributed by atoms with Crippen LogP contribution in [0.4, 0.5) is 0 Å². The Morgan fingerprint density at radius 1 is 0.833 bits per heavy atom. The van der Waals surface area contributed by atoms with E-state index in [1.807, 2.05) is 23.6 Å². The first kappa shape index (κ1) is 17.7. The number of aromatic nitrogens is 1. The molecular weight excluding hydrogens is 386 g/mol. The van der Waals surface area contributed by atoms with Crippen molar-refractivity contribution >= 4 is 53.3 Å². The van der Waals surface area contributed by atoms with Gasteiger partial charge in [-0.15, -0.1) is 11.3 Å². The second-order valence-corrected chi connectivity index (χ2v) is 9.99. The van der Waals surface area contributed by atoms with Crippen LogP contribution in [0.1, 0.15) is 26.3 Å². The molecule has 0 saturated heterocycles. The Morgan fingerprint density at radius 3 is 2.57 bits per heavy atom. The van der Waals surface area contributed by atoms with E-state index in [1.165, 1.54) is 42.1 Å². The third-order valence-electron chi connectivity index (χ3n) is 5.90. The predicted octanol–water partition coefficient (Wildman–Crippen LogP) is 8.31. The summed E-state index contributed by atoms with van der Waals surface area (Å²) in [5.41, 5.74) is 4.57. The summed E-state index contributed by atoms with van der Waals surface area (Å²) < 4.78 is 8.15. The second-order valence-electron chi connectivity index (χ2n) is 8.94. The Balaban J connectivity index is 1.68. The highest BCUT2D eigenvalue weighted by Gasteiger charge is 2.20. The van der Waals surface area contributed by atoms with E-state index in [4.69, 9.17) is 9.40 Å². The van der Waals surface area contributed by atoms with E-state index in [0.29, 0.717) is 0 Å². The van der Waals surface area contributed by atoms with Gasteiger partial charge >= 0.3 is 0 Å². The Kier molecular flexibility index (Phi) is 3.63. The topological polar surface area (TPSA) is 26.0 Å². The van der Waals surface area contributed by atoms with Crippen molar-refractivity contribution in [3.63, 3.8) is 0 Å². The van der Waals surface area contributed by atoms with Crippen LogP contribution >= 0.6 is 11.3 Å². The molecule has 3 aromatic carbocycles. The molecule has 0 unspecified atom stereocenters. The van der Waals surface area contributed by atoms with Crippen molar-refractivity contribution in [2.75, 3.05) is 0 Å². The molecule has 3 aromatic heterocycles. The lowest BCUT2D eigenvalue weighted by Crippen LogP contribution is -2.12. The van der Waals surface area contributed by atoms with Crippen LogP contribution in [0, 0.1) is 0 Å². The largest absolute Gasteiger partial charge is 0.464 e. The number of furan rings is 1. The summed E-state index contributed by atoms with van der Waals surface area (Å²) in [5, 5.41) is 6.20. The van der Waals surface area contributed by atoms with Gasteiger partial charge in [0.05, 0.1) is 16.7 Å². The third kappa shape index (κ3) is 2.59. The molecule has 0 aliphatic heterocycles. The smallest absolute Gasteiger partial charge is 0.134 e. The third-order valence-corrected chi connectivity index (χ3v) is 7.08. The fourth-order valence-corrected chi connectivity index (χ4v) is 5.67. The molecule has 0 fully saturated rings. The van der Waals surface area contributed by atoms with E-state index in [0.717, 1.165) is 16.7 Å². The molecule has 2 nitrogen and oxygen atoms in total. The van der Waals surface area contributed by atoms with Crippen molar-refractivity contribution in [3.8, 4) is 11.3 Å². The first-order valence-corrected chi connectivity index (χ1v) is 11.0. The highest BCUT2D eigenvalue weighted by Crippen LogP contribution is 2.42. The van der Waals surface area contributed by atoms with Gasteiger partial charge in [-0.1, -0.05) is 45.0 Å². The number of benzene rings is 3. The number of rotatable bonds is 1. The lowest BCUT2D eigenvalue weighted by molar-refractivity contribution is 0.596. The normalized spacial score (nSPS) is 12.5. The quantitative estimate of drug-likeness (QED) is 0.274. The van der Waals surface area contributed by atoms with Gasteiger partial charge in [-0.3, -0.25) is 4.98 Å². The first-order valence-electron chi connectivity index (χ1n) is 10.2. The predicted molar refractivity (Wildman–Crippen MR) is 129 cm³/mol. The Hall–Kier alpha value is -3.17. The van der Waals surface area contributed by atoms with Crippen LogP contribution in [0.25, 0.3) is 53.2 Å². The molecule has 0 saturated carbocycles. The summed E-state index contributed by atoms with van der Waals surface area (Å²) in [6, 6.07) is 21.8. The van der Waals surface area contributed by atoms with E-state index in [9.17, 15) is 0 Å². The zero-order valence-corrected chi connectivity index (χ0v) is 18.0. The minimum absolute atomic E-state index is 0.0498. The Labute approximate surface area is 178 Å². The minimum atomic E-state index is 0.0498. The lowest BCUT2D eigenvalue weighted by Gasteiger charge is -2.22. The maximum Gasteiger partial charge on any atom is 0.134 e. The zero-order valence-electron chi connectivity index (χ0n) is 17.2. The maximum absolute atomic E-state index is 5.65. The lowest BCUT2D eigenvalue weighted by atomic mass is 9.82. The van der Waals surface area contributed by atoms with Crippen molar-refractivity contribution in [2.45, 2.75) is 26.2 Å². The van der Waals surface area contributed by atoms with E-state index in [2.05, 4.69) is 75.4 Å². The van der Waals surface area contributed by atoms with Crippen molar-refractivity contribution in [2.24, 2.45) is 0 Å². The van der Waals surface area contributed by atoms with Crippen molar-refractivity contribution in [1.82, 2.24) is 4.98 Å². The number of thiophene rings is 1. The summed E-state index contributed by atoms with van der Waals surface area (Å²) in [4.78, 5) is 4.85. The molecule has 30 heavy (non-hydrogen) atoms. The van der Waals surface area contributed by atoms with Crippen molar-refractivity contribution in [1.29, 1.82) is 0 Å². The molecule has 0 N–H and O–H groups in total. The molecule has 3 heterocycles. The summed E-state index contributed by atoms with van der Waals surface area (Å²) in [5.74, 6) is 0. The van der Waals surface area contributed by atoms with Gasteiger partial charge in [0.2, 0.25) is 0 Å². The van der Waals surface area contributed by atoms with E-state index in [-0.39, 0.29) is 5.41 Å². The summed E-state index contributed by atoms with van der Waals surface area (Å²) in [7, 11) is 0. The Morgan fingerprint density at radius 2 is 1.70 bits per heavy atom. The monoisotopic (exact) mass is 407 g/mol. The fourth-order valence-electron chi connectivity index (χ4n) is 4.43. The SMILES string of the molecule is CC(C)(C)c1cc(-c2nccc3c2sc2cc4ccoc4cc23)cc2ccccc12. The highest BCUT2D eigenvalue weighted by molar-refractivity contribution is 7.26. The zero-order chi connectivity index (χ0) is 20.5. The molecule has 6 aromatic rings. The number of hydrogen-bond donors (Lipinski definition) is 0. The highest BCUT2D eigenvalue weighted by atomic mass is 32.1. The number of pyridine rings is 1. The van der Waals surface area contributed by atoms with Gasteiger partial charge in [0.25, 0.3) is 0 Å². The van der Waals surface area contributed by atoms with Crippen LogP contribution in [0.5, 0.6) is 0 Å². The molecule has 0 atom stereocenters. The average Bonchev–Trinajstić information content (AvgIpc) is 3.33. The number of nitrogens with zero attached hydrogens (tertiary/aromatic N) is 1. The molecule has 0 amide bonds. The van der Waals surface area contributed by atoms with Crippen LogP contribution in [-0.4, -0.2) is 4.98 Å². The van der Waals surface area contributed by atoms with Crippen molar-refractivity contribution < 1.29 is 4.42 Å². The molecule has 0 radical (unpaired) electrons. The van der Waals surface area contributed by atoms with Crippen molar-refractivity contribution in [3.05, 3.63) is 78.7 Å². The summed E-state index contributed by atoms with van der Waals surface area (Å²) in [6.45, 7) is 6.84. The molecule has 0 spiro atoms. The first-order chi connectivity index (χ1) is 14.5. The van der Waals surface area contributed by atoms with Crippen LogP contribution < -0.4 is 0 Å². The number of fused-ring (bicyclic) bond motifs is 5. The van der Waals surface area contributed by atoms with Gasteiger partial charge in [-0.05, 0) is 58.1 Å². The summed E-state index contributed by atoms with van der Waals surface area (Å²) >= 11 is 1.82. The molecular formula is C27H21NOS. The molecule has 3 heteroatoms. The second kappa shape index (κ2) is 6.16. The van der Waals surface area contributed by atoms with E-state index in [1.54, 1.807) is 6.26 Å². The molecule has 6 rings (SSSR count). The minimum Gasteiger partial charge on any atom is -0.464 e. The van der Waals surface area contributed by atoms with Crippen LogP contribution in [-0.2, 0) is 5.41 Å². The molecule has 0 aliphatic carbocycles. The van der Waals surface area contributed by atoms with Gasteiger partial charge in [0, 0.05) is 32.6 Å². The molecule has 0 bridgehead atoms. The van der Waals surface area contributed by atoms with Crippen LogP contribution in [0.15, 0.2) is 77.5 Å². The fraction of sp³-hybridized carbons (Fsp3) is 0.148. The summed E-state index contributed by atoms with van der Waals surface area (Å²) in [6.07, 6.45) is 3.69. The van der Waals surface area contributed by atoms with Gasteiger partial charge in [-0.2, -0.15) is 0 Å². The number of hydrogen-bond acceptors (Lipinski definition) is 3. The van der Waals surface area contributed by atoms with E-state index < -0.39 is 0 Å². The van der Waals surface area contributed by atoms with Gasteiger partial charge < -0.3 is 4.42 Å². The van der Waals surface area contributed by atoms with Gasteiger partial charge in [0.1, 0.15) is 5.58 Å². The molecule has 146 valence electrons. The van der Waals surface area contributed by atoms with Crippen LogP contribution in [0.2, 0.25) is 0 Å². The standard InChI is InChI=1S/C27H21NOS/c1-27(2,3)22-13-18(12-16-6-4-5-7-19(16)22)25-26-20(8-10-28-25)21-15-23-17(9-11-29-23)14-24(21)30-26/h4-15H,1-3H3. The van der Waals surface area contributed by atoms with E-state index >= 15 is 0 Å².